The zero-order valence-corrected chi connectivity index (χ0v) is 13.2. The van der Waals surface area contributed by atoms with E-state index in [2.05, 4.69) is 33.9 Å². The number of anilines is 1. The van der Waals surface area contributed by atoms with E-state index in [9.17, 15) is 9.18 Å². The third-order valence-corrected chi connectivity index (χ3v) is 4.62. The van der Waals surface area contributed by atoms with Crippen LogP contribution in [0.2, 0.25) is 0 Å². The third kappa shape index (κ3) is 3.99. The summed E-state index contributed by atoms with van der Waals surface area (Å²) in [7, 11) is 0. The van der Waals surface area contributed by atoms with Crippen molar-refractivity contribution in [2.75, 3.05) is 5.32 Å². The Hall–Kier alpha value is -1.70. The minimum atomic E-state index is -0.519. The second-order valence-corrected chi connectivity index (χ2v) is 6.46. The van der Waals surface area contributed by atoms with Crippen LogP contribution in [0.4, 0.5) is 10.1 Å². The Morgan fingerprint density at radius 3 is 2.65 bits per heavy atom. The second-order valence-electron chi connectivity index (χ2n) is 6.46. The highest BCUT2D eigenvalue weighted by molar-refractivity contribution is 5.83. The lowest BCUT2D eigenvalue weighted by Crippen LogP contribution is -2.53. The van der Waals surface area contributed by atoms with E-state index < -0.39 is 12.2 Å². The number of nitrogens with one attached hydrogen (secondary N) is 5. The van der Waals surface area contributed by atoms with Gasteiger partial charge in [0.1, 0.15) is 18.0 Å². The van der Waals surface area contributed by atoms with E-state index >= 15 is 0 Å². The van der Waals surface area contributed by atoms with Gasteiger partial charge in [-0.05, 0) is 43.7 Å². The number of carbonyl (C=O) groups excluding carboxylic acids is 1. The van der Waals surface area contributed by atoms with E-state index in [-0.39, 0.29) is 17.8 Å². The molecular formula is C16H24FN5O. The van der Waals surface area contributed by atoms with Gasteiger partial charge in [0.05, 0.1) is 5.69 Å². The number of rotatable bonds is 4. The summed E-state index contributed by atoms with van der Waals surface area (Å²) >= 11 is 0. The van der Waals surface area contributed by atoms with Crippen molar-refractivity contribution in [2.45, 2.75) is 50.9 Å². The molecule has 2 aliphatic rings. The Kier molecular flexibility index (Phi) is 5.09. The Morgan fingerprint density at radius 2 is 1.91 bits per heavy atom. The van der Waals surface area contributed by atoms with Crippen molar-refractivity contribution in [3.05, 3.63) is 30.1 Å². The monoisotopic (exact) mass is 321 g/mol. The summed E-state index contributed by atoms with van der Waals surface area (Å²) in [6.45, 7) is 2.25. The van der Waals surface area contributed by atoms with Gasteiger partial charge in [-0.1, -0.05) is 19.1 Å². The largest absolute Gasteiger partial charge is 0.365 e. The number of benzene rings is 1. The van der Waals surface area contributed by atoms with Gasteiger partial charge in [-0.15, -0.1) is 0 Å². The fraction of sp³-hybridized carbons (Fsp3) is 0.562. The first-order valence-corrected chi connectivity index (χ1v) is 8.21. The molecule has 1 aliphatic carbocycles. The molecule has 1 aliphatic heterocycles. The summed E-state index contributed by atoms with van der Waals surface area (Å²) in [4.78, 5) is 12.5. The van der Waals surface area contributed by atoms with E-state index in [1.165, 1.54) is 6.07 Å². The van der Waals surface area contributed by atoms with Gasteiger partial charge in [-0.2, -0.15) is 5.53 Å². The predicted octanol–water partition coefficient (Wildman–Crippen LogP) is 1.24. The Labute approximate surface area is 135 Å². The molecule has 1 saturated carbocycles. The van der Waals surface area contributed by atoms with E-state index in [1.807, 2.05) is 0 Å². The van der Waals surface area contributed by atoms with Gasteiger partial charge in [-0.3, -0.25) is 4.79 Å². The highest BCUT2D eigenvalue weighted by atomic mass is 19.1. The minimum Gasteiger partial charge on any atom is -0.365 e. The van der Waals surface area contributed by atoms with Crippen LogP contribution in [-0.2, 0) is 4.79 Å². The van der Waals surface area contributed by atoms with Crippen LogP contribution in [0.1, 0.15) is 32.6 Å². The first-order valence-electron chi connectivity index (χ1n) is 8.21. The van der Waals surface area contributed by atoms with Crippen LogP contribution >= 0.6 is 0 Å². The lowest BCUT2D eigenvalue weighted by Gasteiger charge is -2.28. The van der Waals surface area contributed by atoms with Crippen LogP contribution in [0.15, 0.2) is 24.3 Å². The van der Waals surface area contributed by atoms with Crippen molar-refractivity contribution in [3.63, 3.8) is 0 Å². The molecule has 7 heteroatoms. The quantitative estimate of drug-likeness (QED) is 0.577. The maximum Gasteiger partial charge on any atom is 0.242 e. The van der Waals surface area contributed by atoms with Crippen LogP contribution in [0.25, 0.3) is 0 Å². The van der Waals surface area contributed by atoms with Crippen molar-refractivity contribution < 1.29 is 9.18 Å². The standard InChI is InChI=1S/C16H24FN5O/c1-10-6-8-11(9-7-10)18-16(23)14-15(21-22-20-14)19-13-5-3-2-4-12(13)17/h2-5,10-11,14-15,19-22H,6-9H2,1H3,(H,18,23). The summed E-state index contributed by atoms with van der Waals surface area (Å²) in [5, 5.41) is 6.11. The Morgan fingerprint density at radius 1 is 1.17 bits per heavy atom. The molecule has 126 valence electrons. The summed E-state index contributed by atoms with van der Waals surface area (Å²) in [6.07, 6.45) is 3.90. The Balaban J connectivity index is 1.58. The van der Waals surface area contributed by atoms with Crippen LogP contribution in [0, 0.1) is 11.7 Å². The van der Waals surface area contributed by atoms with E-state index in [1.54, 1.807) is 18.2 Å². The molecule has 1 saturated heterocycles. The fourth-order valence-electron chi connectivity index (χ4n) is 3.14. The maximum absolute atomic E-state index is 13.7. The molecule has 3 rings (SSSR count). The molecule has 0 aromatic heterocycles. The van der Waals surface area contributed by atoms with Gasteiger partial charge in [0.2, 0.25) is 5.91 Å². The lowest BCUT2D eigenvalue weighted by atomic mass is 9.87. The molecule has 23 heavy (non-hydrogen) atoms. The second kappa shape index (κ2) is 7.25. The van der Waals surface area contributed by atoms with Crippen molar-refractivity contribution in [1.29, 1.82) is 0 Å². The first kappa shape index (κ1) is 16.2. The van der Waals surface area contributed by atoms with E-state index in [4.69, 9.17) is 0 Å². The van der Waals surface area contributed by atoms with Crippen LogP contribution in [0.5, 0.6) is 0 Å². The third-order valence-electron chi connectivity index (χ3n) is 4.62. The summed E-state index contributed by atoms with van der Waals surface area (Å²) in [5.74, 6) is 0.309. The first-order chi connectivity index (χ1) is 11.1. The van der Waals surface area contributed by atoms with Gasteiger partial charge in [0.25, 0.3) is 0 Å². The van der Waals surface area contributed by atoms with Gasteiger partial charge < -0.3 is 10.6 Å². The highest BCUT2D eigenvalue weighted by Crippen LogP contribution is 2.23. The summed E-state index contributed by atoms with van der Waals surface area (Å²) in [5.41, 5.74) is 8.90. The predicted molar refractivity (Wildman–Crippen MR) is 86.6 cm³/mol. The lowest BCUT2D eigenvalue weighted by molar-refractivity contribution is -0.124. The van der Waals surface area contributed by atoms with Crippen LogP contribution < -0.4 is 27.0 Å². The van der Waals surface area contributed by atoms with Crippen molar-refractivity contribution in [3.8, 4) is 0 Å². The minimum absolute atomic E-state index is 0.0871. The van der Waals surface area contributed by atoms with Gasteiger partial charge >= 0.3 is 0 Å². The Bertz CT molecular complexity index is 547. The molecule has 2 atom stereocenters. The number of hydrogen-bond acceptors (Lipinski definition) is 5. The number of hydrazine groups is 2. The van der Waals surface area contributed by atoms with E-state index in [0.717, 1.165) is 31.6 Å². The SMILES string of the molecule is CC1CCC(NC(=O)C2NNNC2Nc2ccccc2F)CC1. The maximum atomic E-state index is 13.7. The molecule has 1 aromatic carbocycles. The number of amides is 1. The normalized spacial score (nSPS) is 30.9. The van der Waals surface area contributed by atoms with Crippen molar-refractivity contribution in [2.24, 2.45) is 5.92 Å². The molecule has 0 spiro atoms. The zero-order chi connectivity index (χ0) is 16.2. The molecule has 1 heterocycles. The average molecular weight is 321 g/mol. The molecule has 2 unspecified atom stereocenters. The zero-order valence-electron chi connectivity index (χ0n) is 13.2. The molecular weight excluding hydrogens is 297 g/mol. The number of carbonyl (C=O) groups is 1. The van der Waals surface area contributed by atoms with Crippen molar-refractivity contribution >= 4 is 11.6 Å². The highest BCUT2D eigenvalue weighted by Gasteiger charge is 2.34. The van der Waals surface area contributed by atoms with E-state index in [0.29, 0.717) is 5.69 Å². The van der Waals surface area contributed by atoms with Gasteiger partial charge in [-0.25, -0.2) is 15.2 Å². The molecule has 0 bridgehead atoms. The molecule has 1 amide bonds. The molecule has 6 nitrogen and oxygen atoms in total. The molecule has 1 aromatic rings. The average Bonchev–Trinajstić information content (AvgIpc) is 3.00. The van der Waals surface area contributed by atoms with Crippen LogP contribution in [-0.4, -0.2) is 24.2 Å². The fourth-order valence-corrected chi connectivity index (χ4v) is 3.14. The van der Waals surface area contributed by atoms with Crippen molar-refractivity contribution in [1.82, 2.24) is 21.7 Å². The number of hydrogen-bond donors (Lipinski definition) is 5. The van der Waals surface area contributed by atoms with Crippen LogP contribution in [0.3, 0.4) is 0 Å². The summed E-state index contributed by atoms with van der Waals surface area (Å²) in [6, 6.07) is 6.12. The molecule has 0 radical (unpaired) electrons. The number of para-hydroxylation sites is 1. The molecule has 2 fully saturated rings. The topological polar surface area (TPSA) is 77.2 Å². The molecule has 5 N–H and O–H groups in total. The smallest absolute Gasteiger partial charge is 0.242 e. The number of halogens is 1. The summed E-state index contributed by atoms with van der Waals surface area (Å²) < 4.78 is 13.7. The van der Waals surface area contributed by atoms with Gasteiger partial charge in [0.15, 0.2) is 0 Å². The van der Waals surface area contributed by atoms with Gasteiger partial charge in [0, 0.05) is 6.04 Å².